The van der Waals surface area contributed by atoms with E-state index in [1.165, 1.54) is 54.4 Å². The molecule has 4 aromatic rings. The zero-order valence-corrected chi connectivity index (χ0v) is 24.5. The van der Waals surface area contributed by atoms with Crippen LogP contribution in [0.25, 0.3) is 45.5 Å². The van der Waals surface area contributed by atoms with Crippen LogP contribution in [-0.2, 0) is 9.59 Å². The Morgan fingerprint density at radius 3 is 1.86 bits per heavy atom. The van der Waals surface area contributed by atoms with Crippen molar-refractivity contribution in [2.24, 2.45) is 0 Å². The summed E-state index contributed by atoms with van der Waals surface area (Å²) < 4.78 is 18.6. The Hall–Kier alpha value is -4.98. The number of carbonyl (C=O) groups is 2. The molecule has 0 saturated carbocycles. The lowest BCUT2D eigenvalue weighted by Gasteiger charge is -2.23. The zero-order valence-electron chi connectivity index (χ0n) is 24.5. The van der Waals surface area contributed by atoms with Gasteiger partial charge in [0, 0.05) is 46.4 Å². The number of nitrogens with zero attached hydrogens (tertiary/aromatic N) is 2. The zero-order chi connectivity index (χ0) is 29.9. The van der Waals surface area contributed by atoms with Gasteiger partial charge in [0.2, 0.25) is 0 Å². The van der Waals surface area contributed by atoms with Gasteiger partial charge in [-0.2, -0.15) is 0 Å². The number of carbonyl (C=O) groups excluding carboxylic acids is 2. The van der Waals surface area contributed by atoms with Crippen molar-refractivity contribution in [3.8, 4) is 11.5 Å². The first kappa shape index (κ1) is 26.6. The van der Waals surface area contributed by atoms with E-state index in [1.54, 1.807) is 30.6 Å². The van der Waals surface area contributed by atoms with E-state index in [0.717, 1.165) is 40.5 Å². The number of benzene rings is 2. The van der Waals surface area contributed by atoms with E-state index in [2.05, 4.69) is 6.92 Å². The molecule has 0 fully saturated rings. The molecule has 0 unspecified atom stereocenters. The van der Waals surface area contributed by atoms with Crippen LogP contribution in [0.2, 0.25) is 0 Å². The molecule has 2 aromatic heterocycles. The molecule has 0 aliphatic carbocycles. The number of aromatic hydroxyl groups is 1. The van der Waals surface area contributed by atoms with E-state index in [1.807, 2.05) is 24.3 Å². The van der Waals surface area contributed by atoms with Gasteiger partial charge >= 0.3 is 0 Å². The third-order valence-corrected chi connectivity index (χ3v) is 8.96. The van der Waals surface area contributed by atoms with Gasteiger partial charge in [-0.25, -0.2) is 0 Å². The van der Waals surface area contributed by atoms with E-state index in [4.69, 9.17) is 13.6 Å². The highest BCUT2D eigenvalue weighted by Gasteiger charge is 2.52. The number of rotatable bonds is 10. The average Bonchev–Trinajstić information content (AvgIpc) is 3.74. The maximum Gasteiger partial charge on any atom is 0.265 e. The summed E-state index contributed by atoms with van der Waals surface area (Å²) in [5.41, 5.74) is 4.12. The van der Waals surface area contributed by atoms with E-state index in [0.29, 0.717) is 46.3 Å². The molecule has 4 aliphatic heterocycles. The fourth-order valence-corrected chi connectivity index (χ4v) is 6.77. The first-order valence-corrected chi connectivity index (χ1v) is 15.5. The second-order valence-electron chi connectivity index (χ2n) is 11.8. The molecule has 2 aromatic carbocycles. The number of phenolic OH excluding ortho intramolecular Hbond substituents is 1. The van der Waals surface area contributed by atoms with Crippen LogP contribution in [0.5, 0.6) is 11.5 Å². The molecule has 1 N–H and O–H groups in total. The monoisotopic (exact) mass is 588 g/mol. The molecule has 8 heteroatoms. The number of unbranched alkanes of at least 4 members (excludes halogenated alkanes) is 7. The fraction of sp³-hybridized carbons (Fsp3) is 0.278. The summed E-state index contributed by atoms with van der Waals surface area (Å²) in [7, 11) is 0. The maximum atomic E-state index is 13.9. The molecule has 8 nitrogen and oxygen atoms in total. The molecule has 0 saturated heterocycles. The van der Waals surface area contributed by atoms with E-state index in [-0.39, 0.29) is 23.1 Å². The van der Waals surface area contributed by atoms with Gasteiger partial charge in [-0.1, -0.05) is 51.9 Å². The van der Waals surface area contributed by atoms with Crippen LogP contribution in [-0.4, -0.2) is 33.3 Å². The average molecular weight is 589 g/mol. The Kier molecular flexibility index (Phi) is 6.25. The third-order valence-electron chi connectivity index (χ3n) is 8.96. The van der Waals surface area contributed by atoms with Crippen LogP contribution in [0.4, 0.5) is 0 Å². The van der Waals surface area contributed by atoms with Crippen molar-refractivity contribution in [2.75, 3.05) is 6.61 Å². The molecule has 4 aliphatic rings. The summed E-state index contributed by atoms with van der Waals surface area (Å²) in [4.78, 5) is 30.7. The smallest absolute Gasteiger partial charge is 0.265 e. The maximum absolute atomic E-state index is 13.9. The molecular formula is C36H32N2O6. The molecule has 2 amide bonds. The number of furan rings is 2. The van der Waals surface area contributed by atoms with Crippen LogP contribution in [0.3, 0.4) is 0 Å². The van der Waals surface area contributed by atoms with Gasteiger partial charge in [-0.15, -0.1) is 0 Å². The van der Waals surface area contributed by atoms with E-state index >= 15 is 0 Å². The van der Waals surface area contributed by atoms with Crippen molar-refractivity contribution in [2.45, 2.75) is 58.3 Å². The number of hydrogen-bond donors (Lipinski definition) is 1. The predicted molar refractivity (Wildman–Crippen MR) is 168 cm³/mol. The lowest BCUT2D eigenvalue weighted by Crippen LogP contribution is -2.26. The van der Waals surface area contributed by atoms with Gasteiger partial charge in [0.25, 0.3) is 11.8 Å². The summed E-state index contributed by atoms with van der Waals surface area (Å²) in [6, 6.07) is 10.7. The van der Waals surface area contributed by atoms with Gasteiger partial charge in [0.05, 0.1) is 17.8 Å². The van der Waals surface area contributed by atoms with Crippen LogP contribution < -0.4 is 4.74 Å². The molecule has 8 rings (SSSR count). The third kappa shape index (κ3) is 3.97. The predicted octanol–water partition coefficient (Wildman–Crippen LogP) is 8.18. The molecular weight excluding hydrogens is 556 g/mol. The minimum Gasteiger partial charge on any atom is -0.508 e. The van der Waals surface area contributed by atoms with Crippen molar-refractivity contribution in [3.63, 3.8) is 0 Å². The summed E-state index contributed by atoms with van der Waals surface area (Å²) in [6.45, 7) is 2.89. The summed E-state index contributed by atoms with van der Waals surface area (Å²) in [5, 5.41) is 11.7. The molecule has 0 spiro atoms. The second-order valence-corrected chi connectivity index (χ2v) is 11.8. The molecule has 44 heavy (non-hydrogen) atoms. The van der Waals surface area contributed by atoms with Gasteiger partial charge in [0.1, 0.15) is 34.1 Å². The minimum absolute atomic E-state index is 0.0748. The van der Waals surface area contributed by atoms with E-state index in [9.17, 15) is 14.7 Å². The Labute approximate surface area is 254 Å². The van der Waals surface area contributed by atoms with Gasteiger partial charge in [0.15, 0.2) is 11.5 Å². The highest BCUT2D eigenvalue weighted by molar-refractivity contribution is 6.32. The lowest BCUT2D eigenvalue weighted by atomic mass is 10.0. The Morgan fingerprint density at radius 1 is 0.705 bits per heavy atom. The summed E-state index contributed by atoms with van der Waals surface area (Å²) in [6.07, 6.45) is 17.0. The molecule has 0 atom stereocenters. The summed E-state index contributed by atoms with van der Waals surface area (Å²) in [5.74, 6) is 1.08. The van der Waals surface area contributed by atoms with Crippen molar-refractivity contribution in [3.05, 3.63) is 82.6 Å². The number of amides is 2. The SMILES string of the molecule is CCCCCCCCCCOc1ccc2c3c(oc2c1)C1=C2C(=O)N4C=Cc5c(oc6cc(O)ccc56)C4=C2C(=O)N1C=C3. The fourth-order valence-electron chi connectivity index (χ4n) is 6.77. The highest BCUT2D eigenvalue weighted by atomic mass is 16.5. The lowest BCUT2D eigenvalue weighted by molar-refractivity contribution is -0.122. The quantitative estimate of drug-likeness (QED) is 0.188. The highest BCUT2D eigenvalue weighted by Crippen LogP contribution is 2.52. The van der Waals surface area contributed by atoms with Crippen LogP contribution in [0.1, 0.15) is 80.9 Å². The topological polar surface area (TPSA) is 96.4 Å². The number of hydrogen-bond acceptors (Lipinski definition) is 6. The Bertz CT molecular complexity index is 2000. The van der Waals surface area contributed by atoms with Gasteiger partial charge in [-0.05, 0) is 42.8 Å². The largest absolute Gasteiger partial charge is 0.508 e. The Morgan fingerprint density at radius 2 is 1.25 bits per heavy atom. The molecule has 6 heterocycles. The van der Waals surface area contributed by atoms with Crippen molar-refractivity contribution in [1.82, 2.24) is 9.80 Å². The van der Waals surface area contributed by atoms with Crippen LogP contribution >= 0.6 is 0 Å². The Balaban J connectivity index is 1.10. The van der Waals surface area contributed by atoms with Gasteiger partial charge < -0.3 is 18.7 Å². The number of fused-ring (bicyclic) bond motifs is 11. The normalized spacial score (nSPS) is 16.4. The number of phenols is 1. The van der Waals surface area contributed by atoms with Gasteiger partial charge in [-0.3, -0.25) is 19.4 Å². The molecule has 0 radical (unpaired) electrons. The van der Waals surface area contributed by atoms with Crippen molar-refractivity contribution < 1.29 is 28.3 Å². The van der Waals surface area contributed by atoms with E-state index < -0.39 is 0 Å². The minimum atomic E-state index is -0.317. The standard InChI is InChI=1S/C36H32N2O6/c1-2-3-4-5-6-7-8-9-18-42-22-11-13-24-26-15-17-38-32(34(26)44-28(24)20-22)30-29(35(38)40)31-33-25(14-16-37(31)36(30)41)23-12-10-21(39)19-27(23)43-33/h10-17,19-20,39H,2-9,18H2,1H3. The first-order valence-electron chi connectivity index (χ1n) is 15.5. The number of ether oxygens (including phenoxy) is 1. The molecule has 0 bridgehead atoms. The van der Waals surface area contributed by atoms with Crippen LogP contribution in [0.15, 0.2) is 68.8 Å². The first-order chi connectivity index (χ1) is 21.5. The summed E-state index contributed by atoms with van der Waals surface area (Å²) >= 11 is 0. The molecule has 222 valence electrons. The van der Waals surface area contributed by atoms with Crippen LogP contribution in [0, 0.1) is 0 Å². The van der Waals surface area contributed by atoms with Crippen molar-refractivity contribution in [1.29, 1.82) is 0 Å². The second kappa shape index (κ2) is 10.3. The van der Waals surface area contributed by atoms with Crippen molar-refractivity contribution >= 4 is 57.3 Å².